The standard InChI is InChI=1S/C28H43N5O/c1-17(2)12-21-14-22(15-21)27-30-31-28(33(27)23-9-10-23)25(32(7)18(3)4)16-26(34)29-24-11-8-19(5)13-20(24)6/h8,11,13,17-18,21-23,25H,9-10,12,14-16H2,1-7H3,(H,29,34)/t21?,22?,25-/m0/s1. The van der Waals surface area contributed by atoms with Gasteiger partial charge in [0.25, 0.3) is 0 Å². The van der Waals surface area contributed by atoms with Gasteiger partial charge in [-0.2, -0.15) is 0 Å². The van der Waals surface area contributed by atoms with E-state index >= 15 is 0 Å². The molecule has 1 atom stereocenters. The van der Waals surface area contributed by atoms with E-state index in [0.717, 1.165) is 34.7 Å². The summed E-state index contributed by atoms with van der Waals surface area (Å²) in [6.45, 7) is 13.1. The number of carbonyl (C=O) groups excluding carboxylic acids is 1. The maximum atomic E-state index is 13.2. The van der Waals surface area contributed by atoms with Crippen LogP contribution in [0, 0.1) is 25.7 Å². The first kappa shape index (κ1) is 24.9. The number of rotatable bonds is 10. The predicted octanol–water partition coefficient (Wildman–Crippen LogP) is 6.18. The van der Waals surface area contributed by atoms with E-state index in [1.807, 2.05) is 19.1 Å². The summed E-state index contributed by atoms with van der Waals surface area (Å²) in [7, 11) is 2.10. The molecule has 0 unspecified atom stereocenters. The Hall–Kier alpha value is -2.21. The fourth-order valence-electron chi connectivity index (χ4n) is 5.44. The molecule has 1 amide bonds. The number of hydrogen-bond donors (Lipinski definition) is 1. The summed E-state index contributed by atoms with van der Waals surface area (Å²) in [5.41, 5.74) is 3.17. The van der Waals surface area contributed by atoms with Crippen molar-refractivity contribution in [3.05, 3.63) is 41.0 Å². The third-order valence-corrected chi connectivity index (χ3v) is 7.71. The molecule has 2 aliphatic carbocycles. The van der Waals surface area contributed by atoms with Crippen LogP contribution in [0.5, 0.6) is 0 Å². The Bertz CT molecular complexity index is 1000. The summed E-state index contributed by atoms with van der Waals surface area (Å²) in [6.07, 6.45) is 6.49. The number of anilines is 1. The van der Waals surface area contributed by atoms with Crippen molar-refractivity contribution in [1.82, 2.24) is 19.7 Å². The van der Waals surface area contributed by atoms with Gasteiger partial charge in [-0.25, -0.2) is 0 Å². The molecule has 2 aliphatic rings. The minimum Gasteiger partial charge on any atom is -0.326 e. The van der Waals surface area contributed by atoms with Gasteiger partial charge in [0.2, 0.25) is 5.91 Å². The van der Waals surface area contributed by atoms with Crippen LogP contribution in [-0.4, -0.2) is 38.7 Å². The maximum absolute atomic E-state index is 13.2. The average Bonchev–Trinajstić information content (AvgIpc) is 3.49. The third kappa shape index (κ3) is 5.54. The van der Waals surface area contributed by atoms with Gasteiger partial charge in [0.15, 0.2) is 5.82 Å². The highest BCUT2D eigenvalue weighted by Gasteiger charge is 2.40. The molecule has 186 valence electrons. The zero-order chi connectivity index (χ0) is 24.6. The Labute approximate surface area is 205 Å². The van der Waals surface area contributed by atoms with Crippen LogP contribution in [0.3, 0.4) is 0 Å². The largest absolute Gasteiger partial charge is 0.326 e. The van der Waals surface area contributed by atoms with Crippen molar-refractivity contribution in [1.29, 1.82) is 0 Å². The minimum atomic E-state index is -0.0980. The number of nitrogens with one attached hydrogen (secondary N) is 1. The number of aryl methyl sites for hydroxylation is 2. The normalized spacial score (nSPS) is 21.2. The van der Waals surface area contributed by atoms with E-state index in [-0.39, 0.29) is 11.9 Å². The molecule has 6 heteroatoms. The topological polar surface area (TPSA) is 63.1 Å². The van der Waals surface area contributed by atoms with Crippen molar-refractivity contribution in [3.8, 4) is 0 Å². The molecule has 0 spiro atoms. The summed E-state index contributed by atoms with van der Waals surface area (Å²) in [5, 5.41) is 12.6. The van der Waals surface area contributed by atoms with E-state index in [9.17, 15) is 4.79 Å². The van der Waals surface area contributed by atoms with E-state index in [1.54, 1.807) is 0 Å². The first-order chi connectivity index (χ1) is 16.1. The maximum Gasteiger partial charge on any atom is 0.226 e. The fraction of sp³-hybridized carbons (Fsp3) is 0.679. The van der Waals surface area contributed by atoms with Crippen molar-refractivity contribution in [2.45, 2.75) is 104 Å². The second-order valence-electron chi connectivity index (χ2n) is 11.5. The van der Waals surface area contributed by atoms with Gasteiger partial charge in [-0.3, -0.25) is 9.69 Å². The molecule has 4 rings (SSSR count). The van der Waals surface area contributed by atoms with Crippen LogP contribution in [0.25, 0.3) is 0 Å². The van der Waals surface area contributed by atoms with E-state index in [2.05, 4.69) is 62.5 Å². The zero-order valence-corrected chi connectivity index (χ0v) is 22.1. The molecule has 1 aromatic heterocycles. The molecule has 0 aliphatic heterocycles. The van der Waals surface area contributed by atoms with Gasteiger partial charge in [0.1, 0.15) is 5.82 Å². The molecule has 34 heavy (non-hydrogen) atoms. The van der Waals surface area contributed by atoms with Gasteiger partial charge in [-0.1, -0.05) is 31.5 Å². The van der Waals surface area contributed by atoms with Gasteiger partial charge in [0, 0.05) is 30.1 Å². The van der Waals surface area contributed by atoms with Crippen LogP contribution < -0.4 is 5.32 Å². The summed E-state index contributed by atoms with van der Waals surface area (Å²) in [5.74, 6) is 4.24. The predicted molar refractivity (Wildman–Crippen MR) is 138 cm³/mol. The van der Waals surface area contributed by atoms with Gasteiger partial charge < -0.3 is 9.88 Å². The summed E-state index contributed by atoms with van der Waals surface area (Å²) in [4.78, 5) is 15.5. The van der Waals surface area contributed by atoms with E-state index in [1.165, 1.54) is 37.7 Å². The lowest BCUT2D eigenvalue weighted by molar-refractivity contribution is -0.117. The molecule has 0 bridgehead atoms. The van der Waals surface area contributed by atoms with Gasteiger partial charge in [-0.05, 0) is 90.3 Å². The van der Waals surface area contributed by atoms with Crippen LogP contribution in [0.4, 0.5) is 5.69 Å². The summed E-state index contributed by atoms with van der Waals surface area (Å²) in [6, 6.07) is 6.84. The minimum absolute atomic E-state index is 0.0250. The number of hydrogen-bond acceptors (Lipinski definition) is 4. The quantitative estimate of drug-likeness (QED) is 0.455. The number of carbonyl (C=O) groups is 1. The molecule has 1 aromatic carbocycles. The molecule has 2 saturated carbocycles. The Balaban J connectivity index is 1.55. The van der Waals surface area contributed by atoms with Crippen molar-refractivity contribution in [2.24, 2.45) is 11.8 Å². The lowest BCUT2D eigenvalue weighted by Gasteiger charge is -2.36. The second-order valence-corrected chi connectivity index (χ2v) is 11.5. The molecule has 0 saturated heterocycles. The fourth-order valence-corrected chi connectivity index (χ4v) is 5.44. The molecular weight excluding hydrogens is 422 g/mol. The lowest BCUT2D eigenvalue weighted by Crippen LogP contribution is -2.35. The van der Waals surface area contributed by atoms with Crippen LogP contribution in [-0.2, 0) is 4.79 Å². The van der Waals surface area contributed by atoms with Gasteiger partial charge >= 0.3 is 0 Å². The first-order valence-corrected chi connectivity index (χ1v) is 13.2. The van der Waals surface area contributed by atoms with Gasteiger partial charge in [-0.15, -0.1) is 10.2 Å². The summed E-state index contributed by atoms with van der Waals surface area (Å²) < 4.78 is 2.42. The third-order valence-electron chi connectivity index (χ3n) is 7.71. The average molecular weight is 466 g/mol. The molecule has 6 nitrogen and oxygen atoms in total. The highest BCUT2D eigenvalue weighted by molar-refractivity contribution is 5.91. The van der Waals surface area contributed by atoms with E-state index in [4.69, 9.17) is 10.2 Å². The molecular formula is C28H43N5O. The monoisotopic (exact) mass is 465 g/mol. The Morgan fingerprint density at radius 2 is 1.85 bits per heavy atom. The number of amides is 1. The van der Waals surface area contributed by atoms with Crippen LogP contribution in [0.2, 0.25) is 0 Å². The lowest BCUT2D eigenvalue weighted by atomic mass is 9.71. The van der Waals surface area contributed by atoms with Crippen LogP contribution in [0.1, 0.15) is 107 Å². The molecule has 0 radical (unpaired) electrons. The highest BCUT2D eigenvalue weighted by atomic mass is 16.1. The zero-order valence-electron chi connectivity index (χ0n) is 22.1. The van der Waals surface area contributed by atoms with Crippen molar-refractivity contribution in [3.63, 3.8) is 0 Å². The highest BCUT2D eigenvalue weighted by Crippen LogP contribution is 2.48. The number of nitrogens with zero attached hydrogens (tertiary/aromatic N) is 4. The van der Waals surface area contributed by atoms with Crippen molar-refractivity contribution in [2.75, 3.05) is 12.4 Å². The van der Waals surface area contributed by atoms with Crippen LogP contribution in [0.15, 0.2) is 18.2 Å². The Morgan fingerprint density at radius 1 is 1.15 bits per heavy atom. The second kappa shape index (κ2) is 10.2. The smallest absolute Gasteiger partial charge is 0.226 e. The Kier molecular flexibility index (Phi) is 7.46. The molecule has 1 heterocycles. The van der Waals surface area contributed by atoms with Crippen molar-refractivity contribution < 1.29 is 4.79 Å². The van der Waals surface area contributed by atoms with Crippen molar-refractivity contribution >= 4 is 11.6 Å². The van der Waals surface area contributed by atoms with Gasteiger partial charge in [0.05, 0.1) is 6.04 Å². The SMILES string of the molecule is Cc1ccc(NC(=O)C[C@@H](c2nnc(C3CC(CC(C)C)C3)n2C2CC2)N(C)C(C)C)c(C)c1. The summed E-state index contributed by atoms with van der Waals surface area (Å²) >= 11 is 0. The molecule has 2 aromatic rings. The first-order valence-electron chi connectivity index (χ1n) is 13.2. The van der Waals surface area contributed by atoms with E-state index < -0.39 is 0 Å². The van der Waals surface area contributed by atoms with E-state index in [0.29, 0.717) is 24.4 Å². The Morgan fingerprint density at radius 3 is 2.44 bits per heavy atom. The molecule has 2 fully saturated rings. The molecule has 1 N–H and O–H groups in total. The number of aromatic nitrogens is 3. The van der Waals surface area contributed by atoms with Crippen LogP contribution >= 0.6 is 0 Å². The number of benzene rings is 1.